The van der Waals surface area contributed by atoms with E-state index in [0.717, 1.165) is 122 Å². The van der Waals surface area contributed by atoms with Gasteiger partial charge >= 0.3 is 25.7 Å². The number of phosphoric acid groups is 1. The Balaban J connectivity index is 4.73. The summed E-state index contributed by atoms with van der Waals surface area (Å²) < 4.78 is 39.6. The van der Waals surface area contributed by atoms with E-state index in [1.165, 1.54) is 96.3 Å². The van der Waals surface area contributed by atoms with Crippen molar-refractivity contribution in [3.8, 4) is 0 Å². The van der Waals surface area contributed by atoms with Gasteiger partial charge in [-0.05, 0) is 83.5 Å². The Labute approximate surface area is 453 Å². The number of allylic oxidation sites excluding steroid dienone is 10. The smallest absolute Gasteiger partial charge is 0.462 e. The molecule has 3 atom stereocenters. The summed E-state index contributed by atoms with van der Waals surface area (Å²) >= 11 is 0. The summed E-state index contributed by atoms with van der Waals surface area (Å²) in [4.78, 5) is 48.6. The molecule has 0 aliphatic heterocycles. The number of esters is 3. The highest BCUT2D eigenvalue weighted by atomic mass is 31.2. The van der Waals surface area contributed by atoms with Gasteiger partial charge in [0.25, 0.3) is 0 Å². The van der Waals surface area contributed by atoms with Crippen LogP contribution in [0, 0.1) is 0 Å². The van der Waals surface area contributed by atoms with Crippen LogP contribution in [0.2, 0.25) is 0 Å². The highest BCUT2D eigenvalue weighted by molar-refractivity contribution is 7.47. The first kappa shape index (κ1) is 71.2. The van der Waals surface area contributed by atoms with Crippen LogP contribution in [-0.4, -0.2) is 66.5 Å². The molecule has 0 aromatic rings. The second-order valence-corrected chi connectivity index (χ2v) is 21.6. The molecule has 0 rings (SSSR count). The molecule has 0 bridgehead atoms. The maximum absolute atomic E-state index is 12.9. The minimum atomic E-state index is -4.75. The first-order valence-corrected chi connectivity index (χ1v) is 31.7. The quantitative estimate of drug-likeness (QED) is 0.0197. The molecule has 0 radical (unpaired) electrons. The van der Waals surface area contributed by atoms with Gasteiger partial charge in [-0.3, -0.25) is 23.4 Å². The summed E-state index contributed by atoms with van der Waals surface area (Å²) in [5.41, 5.74) is 0. The lowest BCUT2D eigenvalue weighted by Crippen LogP contribution is -2.30. The van der Waals surface area contributed by atoms with E-state index in [1.807, 2.05) is 0 Å². The summed E-state index contributed by atoms with van der Waals surface area (Å²) in [5.74, 6) is -1.48. The summed E-state index contributed by atoms with van der Waals surface area (Å²) in [5, 5.41) is 9.82. The molecule has 0 aromatic carbocycles. The topological polar surface area (TPSA) is 155 Å². The zero-order valence-electron chi connectivity index (χ0n) is 47.6. The van der Waals surface area contributed by atoms with E-state index in [-0.39, 0.29) is 25.9 Å². The lowest BCUT2D eigenvalue weighted by atomic mass is 10.0. The lowest BCUT2D eigenvalue weighted by molar-refractivity contribution is -0.161. The van der Waals surface area contributed by atoms with Crippen molar-refractivity contribution in [3.05, 3.63) is 60.8 Å². The van der Waals surface area contributed by atoms with Gasteiger partial charge in [-0.2, -0.15) is 0 Å². The SMILES string of the molecule is CC/C=C\C/C=C\C/C=C\C/C=C\CCCCCCCCC(=O)OCC(COP(=O)(O)OCC(CO)OC(=O)CCCCCCCCCCCCCCC)OC(=O)CCCCCCC/C=C\CCCCCCCC. The van der Waals surface area contributed by atoms with Crippen molar-refractivity contribution in [2.45, 2.75) is 290 Å². The van der Waals surface area contributed by atoms with Crippen LogP contribution in [0.15, 0.2) is 60.8 Å². The molecular formula is C62H111O11P. The Morgan fingerprint density at radius 2 is 0.703 bits per heavy atom. The molecule has 0 spiro atoms. The molecule has 3 unspecified atom stereocenters. The third kappa shape index (κ3) is 54.0. The Bertz CT molecular complexity index is 1470. The maximum atomic E-state index is 12.9. The predicted molar refractivity (Wildman–Crippen MR) is 307 cm³/mol. The summed E-state index contributed by atoms with van der Waals surface area (Å²) in [7, 11) is -4.75. The average molecular weight is 1060 g/mol. The van der Waals surface area contributed by atoms with Crippen molar-refractivity contribution in [1.29, 1.82) is 0 Å². The molecule has 0 saturated carbocycles. The highest BCUT2D eigenvalue weighted by Crippen LogP contribution is 2.43. The Kier molecular flexibility index (Phi) is 54.2. The van der Waals surface area contributed by atoms with E-state index in [4.69, 9.17) is 23.3 Å². The van der Waals surface area contributed by atoms with Crippen LogP contribution in [0.5, 0.6) is 0 Å². The minimum Gasteiger partial charge on any atom is -0.462 e. The molecular weight excluding hydrogens is 952 g/mol. The van der Waals surface area contributed by atoms with E-state index in [2.05, 4.69) is 81.5 Å². The highest BCUT2D eigenvalue weighted by Gasteiger charge is 2.28. The van der Waals surface area contributed by atoms with Crippen molar-refractivity contribution in [2.75, 3.05) is 26.4 Å². The van der Waals surface area contributed by atoms with Crippen LogP contribution in [0.4, 0.5) is 0 Å². The Morgan fingerprint density at radius 1 is 0.392 bits per heavy atom. The fourth-order valence-electron chi connectivity index (χ4n) is 8.34. The number of ether oxygens (including phenoxy) is 3. The summed E-state index contributed by atoms with van der Waals surface area (Å²) in [6, 6.07) is 0. The zero-order chi connectivity index (χ0) is 54.1. The fraction of sp³-hybridized carbons (Fsp3) is 0.790. The minimum absolute atomic E-state index is 0.155. The van der Waals surface area contributed by atoms with Crippen LogP contribution in [0.3, 0.4) is 0 Å². The number of carbonyl (C=O) groups is 3. The fourth-order valence-corrected chi connectivity index (χ4v) is 9.13. The van der Waals surface area contributed by atoms with Crippen LogP contribution in [0.25, 0.3) is 0 Å². The third-order valence-electron chi connectivity index (χ3n) is 12.9. The third-order valence-corrected chi connectivity index (χ3v) is 13.9. The van der Waals surface area contributed by atoms with Gasteiger partial charge in [0, 0.05) is 19.3 Å². The Hall–Kier alpha value is -2.82. The second kappa shape index (κ2) is 56.4. The standard InChI is InChI=1S/C62H111O11P/c1-4-7-10-13-16-19-22-25-27-28-29-30-32-34-36-39-42-45-48-51-60(64)69-55-59(73-62(66)53-50-47-44-41-38-35-31-26-23-20-17-14-11-8-5-2)57-71-74(67,68)70-56-58(54-63)72-61(65)52-49-46-43-40-37-33-24-21-18-15-12-9-6-3/h7,10,16,19,25-27,29-31,58-59,63H,4-6,8-9,11-15,17-18,20-24,28,32-57H2,1-3H3,(H,67,68)/b10-7-,19-16-,27-25-,30-29-,31-26-. The van der Waals surface area contributed by atoms with E-state index >= 15 is 0 Å². The number of aliphatic hydroxyl groups excluding tert-OH is 1. The van der Waals surface area contributed by atoms with Gasteiger partial charge in [0.2, 0.25) is 0 Å². The number of carbonyl (C=O) groups excluding carboxylic acids is 3. The van der Waals surface area contributed by atoms with Crippen LogP contribution >= 0.6 is 7.82 Å². The van der Waals surface area contributed by atoms with Gasteiger partial charge in [-0.1, -0.05) is 236 Å². The van der Waals surface area contributed by atoms with Gasteiger partial charge in [-0.25, -0.2) is 4.57 Å². The van der Waals surface area contributed by atoms with Crippen LogP contribution in [0.1, 0.15) is 278 Å². The van der Waals surface area contributed by atoms with Crippen molar-refractivity contribution < 1.29 is 52.2 Å². The molecule has 430 valence electrons. The maximum Gasteiger partial charge on any atom is 0.472 e. The summed E-state index contributed by atoms with van der Waals surface area (Å²) in [6.07, 6.45) is 61.7. The molecule has 0 amide bonds. The first-order chi connectivity index (χ1) is 36.2. The number of hydrogen-bond donors (Lipinski definition) is 2. The number of hydrogen-bond acceptors (Lipinski definition) is 10. The number of phosphoric ester groups is 1. The number of aliphatic hydroxyl groups is 1. The molecule has 0 aliphatic rings. The first-order valence-electron chi connectivity index (χ1n) is 30.2. The number of rotatable bonds is 56. The second-order valence-electron chi connectivity index (χ2n) is 20.1. The molecule has 0 saturated heterocycles. The van der Waals surface area contributed by atoms with Crippen molar-refractivity contribution in [3.63, 3.8) is 0 Å². The van der Waals surface area contributed by atoms with E-state index in [9.17, 15) is 28.9 Å². The van der Waals surface area contributed by atoms with E-state index in [0.29, 0.717) is 19.3 Å². The molecule has 0 fully saturated rings. The molecule has 0 aliphatic carbocycles. The van der Waals surface area contributed by atoms with Crippen molar-refractivity contribution in [1.82, 2.24) is 0 Å². The molecule has 0 heterocycles. The van der Waals surface area contributed by atoms with Gasteiger partial charge in [-0.15, -0.1) is 0 Å². The van der Waals surface area contributed by atoms with Gasteiger partial charge in [0.1, 0.15) is 12.7 Å². The average Bonchev–Trinajstić information content (AvgIpc) is 3.39. The largest absolute Gasteiger partial charge is 0.472 e. The van der Waals surface area contributed by atoms with Gasteiger partial charge in [0.05, 0.1) is 19.8 Å². The zero-order valence-corrected chi connectivity index (χ0v) is 48.5. The van der Waals surface area contributed by atoms with Crippen molar-refractivity contribution in [2.24, 2.45) is 0 Å². The summed E-state index contributed by atoms with van der Waals surface area (Å²) in [6.45, 7) is 4.53. The molecule has 2 N–H and O–H groups in total. The van der Waals surface area contributed by atoms with E-state index < -0.39 is 57.8 Å². The van der Waals surface area contributed by atoms with Crippen molar-refractivity contribution >= 4 is 25.7 Å². The lowest BCUT2D eigenvalue weighted by Gasteiger charge is -2.21. The van der Waals surface area contributed by atoms with Crippen LogP contribution in [-0.2, 0) is 42.2 Å². The number of unbranched alkanes of at least 4 members (excludes halogenated alkanes) is 29. The Morgan fingerprint density at radius 3 is 1.09 bits per heavy atom. The monoisotopic (exact) mass is 1060 g/mol. The van der Waals surface area contributed by atoms with Crippen LogP contribution < -0.4 is 0 Å². The van der Waals surface area contributed by atoms with Gasteiger partial charge in [0.15, 0.2) is 6.10 Å². The van der Waals surface area contributed by atoms with Gasteiger partial charge < -0.3 is 24.2 Å². The molecule has 0 aromatic heterocycles. The molecule has 12 heteroatoms. The molecule has 74 heavy (non-hydrogen) atoms. The predicted octanol–water partition coefficient (Wildman–Crippen LogP) is 17.9. The van der Waals surface area contributed by atoms with E-state index in [1.54, 1.807) is 0 Å². The normalized spacial score (nSPS) is 13.7. The molecule has 11 nitrogen and oxygen atoms in total.